The molecule has 5 saturated carbocycles. The van der Waals surface area contributed by atoms with Crippen molar-refractivity contribution < 1.29 is 24.4 Å². The Balaban J connectivity index is 1.30. The summed E-state index contributed by atoms with van der Waals surface area (Å²) < 4.78 is 6.65. The monoisotopic (exact) mass is 336 g/mol. The smallest absolute Gasteiger partial charge is 0.306 e. The lowest BCUT2D eigenvalue weighted by Crippen LogP contribution is -2.59. The van der Waals surface area contributed by atoms with Crippen molar-refractivity contribution >= 4 is 5.97 Å². The Morgan fingerprint density at radius 1 is 1.00 bits per heavy atom. The standard InChI is InChI=1S/C19H28O5/c1-11(17(20)21)14-2-4-18(5-3-14)22-19(24-23-18)15-7-12-6-13(9-15)10-16(19)8-12/h11-16H,2-10H2,1H3,(H,20,21). The Morgan fingerprint density at radius 3 is 2.12 bits per heavy atom. The van der Waals surface area contributed by atoms with Gasteiger partial charge >= 0.3 is 5.97 Å². The lowest BCUT2D eigenvalue weighted by Gasteiger charge is -2.57. The Morgan fingerprint density at radius 2 is 1.58 bits per heavy atom. The minimum atomic E-state index is -0.696. The number of carboxylic acid groups (broad SMARTS) is 1. The van der Waals surface area contributed by atoms with E-state index in [4.69, 9.17) is 14.5 Å². The summed E-state index contributed by atoms with van der Waals surface area (Å²) in [5.74, 6) is 0.826. The molecule has 5 aliphatic carbocycles. The Hall–Kier alpha value is -0.650. The molecule has 134 valence electrons. The second kappa shape index (κ2) is 5.18. The molecule has 24 heavy (non-hydrogen) atoms. The number of carboxylic acids is 1. The highest BCUT2D eigenvalue weighted by Gasteiger charge is 2.66. The maximum absolute atomic E-state index is 11.2. The molecule has 0 radical (unpaired) electrons. The quantitative estimate of drug-likeness (QED) is 0.779. The fourth-order valence-electron chi connectivity index (χ4n) is 6.58. The summed E-state index contributed by atoms with van der Waals surface area (Å²) in [6, 6.07) is 0. The van der Waals surface area contributed by atoms with Gasteiger partial charge in [0.25, 0.3) is 0 Å². The number of aliphatic carboxylic acids is 1. The maximum atomic E-state index is 11.2. The molecule has 0 aromatic carbocycles. The van der Waals surface area contributed by atoms with Crippen molar-refractivity contribution in [3.05, 3.63) is 0 Å². The zero-order chi connectivity index (χ0) is 16.5. The fourth-order valence-corrected chi connectivity index (χ4v) is 6.58. The summed E-state index contributed by atoms with van der Waals surface area (Å²) in [5.41, 5.74) is 0. The second-order valence-corrected chi connectivity index (χ2v) is 9.17. The highest BCUT2D eigenvalue weighted by Crippen LogP contribution is 2.63. The first kappa shape index (κ1) is 15.6. The molecule has 0 amide bonds. The van der Waals surface area contributed by atoms with Crippen molar-refractivity contribution in [1.82, 2.24) is 0 Å². The molecule has 4 bridgehead atoms. The van der Waals surface area contributed by atoms with E-state index in [1.807, 2.05) is 6.92 Å². The Kier molecular flexibility index (Phi) is 3.37. The summed E-state index contributed by atoms with van der Waals surface area (Å²) in [6.45, 7) is 1.82. The predicted octanol–water partition coefficient (Wildman–Crippen LogP) is 3.72. The van der Waals surface area contributed by atoms with E-state index in [0.29, 0.717) is 11.8 Å². The normalized spacial score (nSPS) is 53.8. The van der Waals surface area contributed by atoms with Crippen LogP contribution >= 0.6 is 0 Å². The first-order valence-electron chi connectivity index (χ1n) is 9.79. The summed E-state index contributed by atoms with van der Waals surface area (Å²) >= 11 is 0. The van der Waals surface area contributed by atoms with Gasteiger partial charge in [0.15, 0.2) is 0 Å². The molecule has 1 heterocycles. The van der Waals surface area contributed by atoms with Crippen LogP contribution in [0.1, 0.15) is 64.7 Å². The molecule has 5 nitrogen and oxygen atoms in total. The van der Waals surface area contributed by atoms with Crippen LogP contribution in [0.5, 0.6) is 0 Å². The van der Waals surface area contributed by atoms with Gasteiger partial charge in [-0.05, 0) is 62.7 Å². The predicted molar refractivity (Wildman–Crippen MR) is 84.5 cm³/mol. The molecular formula is C19H28O5. The molecule has 0 aromatic heterocycles. The molecule has 1 atom stereocenters. The van der Waals surface area contributed by atoms with Gasteiger partial charge in [-0.2, -0.15) is 9.78 Å². The molecule has 1 aliphatic heterocycles. The third kappa shape index (κ3) is 2.14. The first-order valence-corrected chi connectivity index (χ1v) is 9.79. The zero-order valence-corrected chi connectivity index (χ0v) is 14.4. The van der Waals surface area contributed by atoms with Gasteiger partial charge in [0.05, 0.1) is 5.92 Å². The van der Waals surface area contributed by atoms with Crippen LogP contribution in [0.2, 0.25) is 0 Å². The number of carbonyl (C=O) groups is 1. The van der Waals surface area contributed by atoms with Crippen molar-refractivity contribution in [1.29, 1.82) is 0 Å². The average Bonchev–Trinajstić information content (AvgIpc) is 2.92. The van der Waals surface area contributed by atoms with Gasteiger partial charge in [0.1, 0.15) is 0 Å². The van der Waals surface area contributed by atoms with E-state index in [9.17, 15) is 9.90 Å². The molecule has 6 rings (SSSR count). The summed E-state index contributed by atoms with van der Waals surface area (Å²) in [5, 5.41) is 9.24. The van der Waals surface area contributed by atoms with Crippen molar-refractivity contribution in [2.75, 3.05) is 0 Å². The van der Waals surface area contributed by atoms with E-state index in [1.165, 1.54) is 32.1 Å². The Bertz CT molecular complexity index is 508. The van der Waals surface area contributed by atoms with Crippen LogP contribution < -0.4 is 0 Å². The van der Waals surface area contributed by atoms with Crippen LogP contribution in [0.3, 0.4) is 0 Å². The van der Waals surface area contributed by atoms with Crippen LogP contribution in [0.4, 0.5) is 0 Å². The Labute approximate surface area is 143 Å². The summed E-state index contributed by atoms with van der Waals surface area (Å²) in [7, 11) is 0. The fraction of sp³-hybridized carbons (Fsp3) is 0.947. The molecular weight excluding hydrogens is 308 g/mol. The van der Waals surface area contributed by atoms with Gasteiger partial charge in [0.2, 0.25) is 11.6 Å². The molecule has 5 heteroatoms. The second-order valence-electron chi connectivity index (χ2n) is 9.17. The van der Waals surface area contributed by atoms with Crippen LogP contribution in [-0.4, -0.2) is 22.7 Å². The van der Waals surface area contributed by atoms with Gasteiger partial charge in [-0.25, -0.2) is 0 Å². The molecule has 1 N–H and O–H groups in total. The van der Waals surface area contributed by atoms with E-state index < -0.39 is 17.5 Å². The topological polar surface area (TPSA) is 65.0 Å². The van der Waals surface area contributed by atoms with Crippen molar-refractivity contribution in [3.8, 4) is 0 Å². The number of hydrogen-bond acceptors (Lipinski definition) is 4. The van der Waals surface area contributed by atoms with E-state index in [2.05, 4.69) is 0 Å². The van der Waals surface area contributed by atoms with Gasteiger partial charge in [0, 0.05) is 24.7 Å². The van der Waals surface area contributed by atoms with Crippen LogP contribution in [0, 0.1) is 35.5 Å². The minimum Gasteiger partial charge on any atom is -0.481 e. The SMILES string of the molecule is CC(C(=O)O)C1CCC2(CC1)OOC1(O2)C2CC3CC(C2)CC1C3. The van der Waals surface area contributed by atoms with E-state index >= 15 is 0 Å². The van der Waals surface area contributed by atoms with E-state index in [0.717, 1.165) is 37.5 Å². The molecule has 6 fully saturated rings. The maximum Gasteiger partial charge on any atom is 0.306 e. The van der Waals surface area contributed by atoms with Gasteiger partial charge in [-0.3, -0.25) is 4.79 Å². The van der Waals surface area contributed by atoms with E-state index in [1.54, 1.807) is 0 Å². The molecule has 1 saturated heterocycles. The third-order valence-corrected chi connectivity index (χ3v) is 7.83. The largest absolute Gasteiger partial charge is 0.481 e. The summed E-state index contributed by atoms with van der Waals surface area (Å²) in [6.07, 6.45) is 9.50. The van der Waals surface area contributed by atoms with Crippen molar-refractivity contribution in [3.63, 3.8) is 0 Å². The molecule has 6 aliphatic rings. The van der Waals surface area contributed by atoms with Crippen LogP contribution in [-0.2, 0) is 19.3 Å². The lowest BCUT2D eigenvalue weighted by molar-refractivity contribution is -0.390. The third-order valence-electron chi connectivity index (χ3n) is 7.83. The van der Waals surface area contributed by atoms with Gasteiger partial charge < -0.3 is 9.84 Å². The minimum absolute atomic E-state index is 0.218. The molecule has 1 unspecified atom stereocenters. The van der Waals surface area contributed by atoms with E-state index in [-0.39, 0.29) is 11.8 Å². The zero-order valence-electron chi connectivity index (χ0n) is 14.4. The highest BCUT2D eigenvalue weighted by molar-refractivity contribution is 5.69. The number of rotatable bonds is 2. The highest BCUT2D eigenvalue weighted by atomic mass is 17.3. The number of hydrogen-bond donors (Lipinski definition) is 1. The van der Waals surface area contributed by atoms with Crippen LogP contribution in [0.25, 0.3) is 0 Å². The average molecular weight is 336 g/mol. The molecule has 2 spiro atoms. The first-order chi connectivity index (χ1) is 11.5. The van der Waals surface area contributed by atoms with Gasteiger partial charge in [-0.15, -0.1) is 0 Å². The molecule has 0 aromatic rings. The van der Waals surface area contributed by atoms with Crippen LogP contribution in [0.15, 0.2) is 0 Å². The van der Waals surface area contributed by atoms with Crippen molar-refractivity contribution in [2.45, 2.75) is 76.3 Å². The van der Waals surface area contributed by atoms with Crippen molar-refractivity contribution in [2.24, 2.45) is 35.5 Å². The summed E-state index contributed by atoms with van der Waals surface area (Å²) in [4.78, 5) is 23.1. The number of ether oxygens (including phenoxy) is 1. The lowest BCUT2D eigenvalue weighted by atomic mass is 9.53. The van der Waals surface area contributed by atoms with Gasteiger partial charge in [-0.1, -0.05) is 6.92 Å².